The van der Waals surface area contributed by atoms with E-state index in [4.69, 9.17) is 4.74 Å². The molecular formula is C10H18N2O5. The smallest absolute Gasteiger partial charge is 0.429 e. The Hall–Kier alpha value is -1.79. The van der Waals surface area contributed by atoms with Gasteiger partial charge in [-0.05, 0) is 20.3 Å². The van der Waals surface area contributed by atoms with E-state index in [0.717, 1.165) is 5.01 Å². The highest BCUT2D eigenvalue weighted by Gasteiger charge is 2.25. The minimum Gasteiger partial charge on any atom is -0.449 e. The summed E-state index contributed by atoms with van der Waals surface area (Å²) in [7, 11) is 0. The Morgan fingerprint density at radius 2 is 1.82 bits per heavy atom. The van der Waals surface area contributed by atoms with Crippen molar-refractivity contribution in [2.75, 3.05) is 13.2 Å². The zero-order valence-corrected chi connectivity index (χ0v) is 10.3. The largest absolute Gasteiger partial charge is 0.449 e. The standard InChI is InChI=1S/C10H18N2O5/c1-4-8(7-13)12(10(15)17-6-3)11-9(14)16-5-2/h7-8H,4-6H2,1-3H3,(H,11,14)/t8-/m1/s1. The van der Waals surface area contributed by atoms with Crippen LogP contribution in [-0.4, -0.2) is 42.7 Å². The Bertz CT molecular complexity index is 269. The molecule has 0 aliphatic heterocycles. The van der Waals surface area contributed by atoms with E-state index in [9.17, 15) is 14.4 Å². The van der Waals surface area contributed by atoms with E-state index in [1.54, 1.807) is 20.8 Å². The lowest BCUT2D eigenvalue weighted by atomic mass is 10.2. The Labute approximate surface area is 100 Å². The Balaban J connectivity index is 4.65. The first kappa shape index (κ1) is 15.2. The van der Waals surface area contributed by atoms with Gasteiger partial charge in [0, 0.05) is 0 Å². The molecule has 1 N–H and O–H groups in total. The summed E-state index contributed by atoms with van der Waals surface area (Å²) >= 11 is 0. The number of hydrogen-bond acceptors (Lipinski definition) is 5. The number of aldehydes is 1. The summed E-state index contributed by atoms with van der Waals surface area (Å²) in [5.41, 5.74) is 2.17. The molecule has 98 valence electrons. The first-order chi connectivity index (χ1) is 8.10. The molecule has 7 nitrogen and oxygen atoms in total. The second-order valence-corrected chi connectivity index (χ2v) is 3.01. The minimum atomic E-state index is -0.805. The highest BCUT2D eigenvalue weighted by molar-refractivity contribution is 5.77. The lowest BCUT2D eigenvalue weighted by Crippen LogP contribution is -2.52. The Morgan fingerprint density at radius 1 is 1.24 bits per heavy atom. The summed E-state index contributed by atoms with van der Waals surface area (Å²) in [6.45, 7) is 5.28. The highest BCUT2D eigenvalue weighted by atomic mass is 16.6. The number of carbonyl (C=O) groups is 3. The van der Waals surface area contributed by atoms with Crippen molar-refractivity contribution in [1.82, 2.24) is 10.4 Å². The average Bonchev–Trinajstić information content (AvgIpc) is 2.30. The molecule has 0 radical (unpaired) electrons. The highest BCUT2D eigenvalue weighted by Crippen LogP contribution is 2.02. The van der Waals surface area contributed by atoms with Crippen LogP contribution in [0, 0.1) is 0 Å². The third-order valence-electron chi connectivity index (χ3n) is 1.86. The van der Waals surface area contributed by atoms with Crippen LogP contribution in [0.5, 0.6) is 0 Å². The predicted molar refractivity (Wildman–Crippen MR) is 59.2 cm³/mol. The van der Waals surface area contributed by atoms with Crippen molar-refractivity contribution < 1.29 is 23.9 Å². The van der Waals surface area contributed by atoms with Crippen molar-refractivity contribution in [3.05, 3.63) is 0 Å². The molecule has 0 aliphatic rings. The van der Waals surface area contributed by atoms with Gasteiger partial charge < -0.3 is 14.3 Å². The van der Waals surface area contributed by atoms with Gasteiger partial charge in [-0.25, -0.2) is 20.0 Å². The monoisotopic (exact) mass is 246 g/mol. The number of nitrogens with one attached hydrogen (secondary N) is 1. The molecule has 0 aromatic rings. The van der Waals surface area contributed by atoms with Gasteiger partial charge in [-0.1, -0.05) is 6.92 Å². The molecule has 17 heavy (non-hydrogen) atoms. The molecule has 0 saturated carbocycles. The lowest BCUT2D eigenvalue weighted by Gasteiger charge is -2.26. The van der Waals surface area contributed by atoms with E-state index in [-0.39, 0.29) is 13.2 Å². The Kier molecular flexibility index (Phi) is 7.49. The molecule has 0 aromatic carbocycles. The van der Waals surface area contributed by atoms with Gasteiger partial charge in [0.15, 0.2) is 0 Å². The van der Waals surface area contributed by atoms with Crippen molar-refractivity contribution in [3.63, 3.8) is 0 Å². The van der Waals surface area contributed by atoms with Crippen LogP contribution < -0.4 is 5.43 Å². The Morgan fingerprint density at radius 3 is 2.24 bits per heavy atom. The number of rotatable bonds is 5. The molecule has 2 amide bonds. The van der Waals surface area contributed by atoms with E-state index in [2.05, 4.69) is 10.2 Å². The maximum absolute atomic E-state index is 11.5. The molecule has 0 fully saturated rings. The maximum Gasteiger partial charge on any atom is 0.429 e. The third-order valence-corrected chi connectivity index (χ3v) is 1.86. The molecule has 0 heterocycles. The van der Waals surface area contributed by atoms with Gasteiger partial charge in [0.05, 0.1) is 13.2 Å². The van der Waals surface area contributed by atoms with E-state index in [1.165, 1.54) is 0 Å². The first-order valence-corrected chi connectivity index (χ1v) is 5.45. The van der Waals surface area contributed by atoms with Crippen LogP contribution in [0.1, 0.15) is 27.2 Å². The van der Waals surface area contributed by atoms with Crippen LogP contribution in [0.15, 0.2) is 0 Å². The molecule has 0 aromatic heterocycles. The van der Waals surface area contributed by atoms with Crippen molar-refractivity contribution >= 4 is 18.5 Å². The molecule has 7 heteroatoms. The van der Waals surface area contributed by atoms with E-state index in [1.807, 2.05) is 0 Å². The van der Waals surface area contributed by atoms with E-state index >= 15 is 0 Å². The number of amides is 2. The fourth-order valence-corrected chi connectivity index (χ4v) is 1.06. The topological polar surface area (TPSA) is 84.9 Å². The number of hydrazine groups is 1. The zero-order valence-electron chi connectivity index (χ0n) is 10.3. The molecule has 0 saturated heterocycles. The van der Waals surface area contributed by atoms with Crippen molar-refractivity contribution in [2.24, 2.45) is 0 Å². The average molecular weight is 246 g/mol. The van der Waals surface area contributed by atoms with Crippen molar-refractivity contribution in [2.45, 2.75) is 33.2 Å². The van der Waals surface area contributed by atoms with Gasteiger partial charge in [-0.3, -0.25) is 0 Å². The zero-order chi connectivity index (χ0) is 13.3. The van der Waals surface area contributed by atoms with Gasteiger partial charge in [-0.15, -0.1) is 0 Å². The van der Waals surface area contributed by atoms with Crippen LogP contribution in [0.4, 0.5) is 9.59 Å². The molecule has 0 unspecified atom stereocenters. The van der Waals surface area contributed by atoms with Crippen LogP contribution in [-0.2, 0) is 14.3 Å². The lowest BCUT2D eigenvalue weighted by molar-refractivity contribution is -0.113. The van der Waals surface area contributed by atoms with Crippen molar-refractivity contribution in [3.8, 4) is 0 Å². The normalized spacial score (nSPS) is 11.2. The minimum absolute atomic E-state index is 0.148. The number of nitrogens with zero attached hydrogens (tertiary/aromatic N) is 1. The van der Waals surface area contributed by atoms with Crippen LogP contribution in [0.3, 0.4) is 0 Å². The molecule has 1 atom stereocenters. The molecule has 0 rings (SSSR count). The summed E-state index contributed by atoms with van der Waals surface area (Å²) in [6.07, 6.45) is -0.682. The van der Waals surface area contributed by atoms with Crippen molar-refractivity contribution in [1.29, 1.82) is 0 Å². The second-order valence-electron chi connectivity index (χ2n) is 3.01. The van der Waals surface area contributed by atoms with Gasteiger partial charge in [0.2, 0.25) is 0 Å². The van der Waals surface area contributed by atoms with Gasteiger partial charge in [-0.2, -0.15) is 0 Å². The van der Waals surface area contributed by atoms with Crippen LogP contribution in [0.25, 0.3) is 0 Å². The van der Waals surface area contributed by atoms with Gasteiger partial charge >= 0.3 is 12.2 Å². The second kappa shape index (κ2) is 8.37. The number of carbonyl (C=O) groups excluding carboxylic acids is 3. The third kappa shape index (κ3) is 5.19. The summed E-state index contributed by atoms with van der Waals surface area (Å²) in [5.74, 6) is 0. The fourth-order valence-electron chi connectivity index (χ4n) is 1.06. The summed E-state index contributed by atoms with van der Waals surface area (Å²) < 4.78 is 9.35. The van der Waals surface area contributed by atoms with E-state index in [0.29, 0.717) is 12.7 Å². The SMILES string of the molecule is CCOC(=O)NN(C(=O)OCC)[C@@H](C=O)CC. The molecular weight excluding hydrogens is 228 g/mol. The summed E-state index contributed by atoms with van der Waals surface area (Å²) in [4.78, 5) is 33.5. The first-order valence-electron chi connectivity index (χ1n) is 5.45. The fraction of sp³-hybridized carbons (Fsp3) is 0.700. The van der Waals surface area contributed by atoms with Crippen LogP contribution in [0.2, 0.25) is 0 Å². The number of hydrogen-bond donors (Lipinski definition) is 1. The number of ether oxygens (including phenoxy) is 2. The predicted octanol–water partition coefficient (Wildman–Crippen LogP) is 1.08. The summed E-state index contributed by atoms with van der Waals surface area (Å²) in [5, 5.41) is 0.828. The van der Waals surface area contributed by atoms with Gasteiger partial charge in [0.25, 0.3) is 0 Å². The van der Waals surface area contributed by atoms with E-state index < -0.39 is 18.2 Å². The summed E-state index contributed by atoms with van der Waals surface area (Å²) in [6, 6.07) is -0.779. The quantitative estimate of drug-likeness (QED) is 0.579. The van der Waals surface area contributed by atoms with Gasteiger partial charge in [0.1, 0.15) is 12.3 Å². The molecule has 0 aliphatic carbocycles. The molecule has 0 bridgehead atoms. The molecule has 0 spiro atoms. The maximum atomic E-state index is 11.5. The van der Waals surface area contributed by atoms with Crippen LogP contribution >= 0.6 is 0 Å².